The van der Waals surface area contributed by atoms with Gasteiger partial charge in [0, 0.05) is 49.4 Å². The first-order chi connectivity index (χ1) is 15.0. The Balaban J connectivity index is 0.000000730. The van der Waals surface area contributed by atoms with Gasteiger partial charge in [0.05, 0.1) is 5.69 Å². The molecule has 0 unspecified atom stereocenters. The molecule has 3 aromatic heterocycles. The first kappa shape index (κ1) is 21.0. The summed E-state index contributed by atoms with van der Waals surface area (Å²) in [5, 5.41) is 9.66. The van der Waals surface area contributed by atoms with Crippen LogP contribution in [-0.4, -0.2) is 53.7 Å². The number of H-pyrrole nitrogens is 1. The summed E-state index contributed by atoms with van der Waals surface area (Å²) in [6, 6.07) is 7.50. The Labute approximate surface area is 178 Å². The van der Waals surface area contributed by atoms with Crippen molar-refractivity contribution in [2.45, 2.75) is 44.7 Å². The molecular formula is C21H26N6O4. The van der Waals surface area contributed by atoms with E-state index in [1.54, 1.807) is 12.1 Å². The van der Waals surface area contributed by atoms with E-state index in [1.165, 1.54) is 10.8 Å². The highest BCUT2D eigenvalue weighted by molar-refractivity contribution is 5.32. The number of rotatable bonds is 4. The quantitative estimate of drug-likeness (QED) is 0.601. The van der Waals surface area contributed by atoms with Crippen molar-refractivity contribution in [3.63, 3.8) is 0 Å². The molecule has 2 aliphatic heterocycles. The molecule has 3 atom stereocenters. The van der Waals surface area contributed by atoms with Crippen LogP contribution in [-0.2, 0) is 11.3 Å². The van der Waals surface area contributed by atoms with Crippen LogP contribution in [0.3, 0.4) is 0 Å². The molecule has 2 N–H and O–H groups in total. The van der Waals surface area contributed by atoms with Gasteiger partial charge in [-0.25, -0.2) is 9.97 Å². The fourth-order valence-corrected chi connectivity index (χ4v) is 5.11. The third-order valence-corrected chi connectivity index (χ3v) is 6.17. The van der Waals surface area contributed by atoms with Crippen LogP contribution in [0.4, 0.5) is 0 Å². The molecule has 164 valence electrons. The monoisotopic (exact) mass is 426 g/mol. The average Bonchev–Trinajstić information content (AvgIpc) is 3.21. The molecule has 5 rings (SSSR count). The van der Waals surface area contributed by atoms with Gasteiger partial charge in [0.1, 0.15) is 6.33 Å². The van der Waals surface area contributed by atoms with E-state index in [9.17, 15) is 9.59 Å². The molecule has 3 aromatic rings. The Morgan fingerprint density at radius 3 is 2.84 bits per heavy atom. The van der Waals surface area contributed by atoms with Crippen molar-refractivity contribution in [2.75, 3.05) is 13.1 Å². The zero-order valence-corrected chi connectivity index (χ0v) is 17.3. The van der Waals surface area contributed by atoms with Crippen molar-refractivity contribution in [1.29, 1.82) is 0 Å². The molecule has 10 nitrogen and oxygen atoms in total. The van der Waals surface area contributed by atoms with E-state index < -0.39 is 0 Å². The first-order valence-corrected chi connectivity index (χ1v) is 10.5. The third kappa shape index (κ3) is 4.02. The Bertz CT molecular complexity index is 1180. The van der Waals surface area contributed by atoms with Crippen LogP contribution in [0.2, 0.25) is 0 Å². The number of nitrogens with zero attached hydrogens (tertiary/aromatic N) is 5. The van der Waals surface area contributed by atoms with Crippen LogP contribution < -0.4 is 11.1 Å². The number of piperidine rings is 1. The Hall–Kier alpha value is -3.27. The van der Waals surface area contributed by atoms with Crippen molar-refractivity contribution >= 4 is 12.2 Å². The van der Waals surface area contributed by atoms with Gasteiger partial charge >= 0.3 is 0 Å². The lowest BCUT2D eigenvalue weighted by atomic mass is 9.77. The van der Waals surface area contributed by atoms with Crippen LogP contribution >= 0.6 is 0 Å². The summed E-state index contributed by atoms with van der Waals surface area (Å²) >= 11 is 0. The molecule has 0 amide bonds. The molecule has 1 saturated heterocycles. The van der Waals surface area contributed by atoms with Crippen molar-refractivity contribution in [3.8, 4) is 0 Å². The molecule has 0 aromatic carbocycles. The number of nitrogens with one attached hydrogen (secondary N) is 1. The van der Waals surface area contributed by atoms with Crippen LogP contribution in [0, 0.1) is 5.92 Å². The van der Waals surface area contributed by atoms with E-state index in [0.717, 1.165) is 43.7 Å². The molecule has 10 heteroatoms. The highest BCUT2D eigenvalue weighted by atomic mass is 16.3. The second kappa shape index (κ2) is 8.84. The lowest BCUT2D eigenvalue weighted by molar-refractivity contribution is -0.122. The number of aromatic amines is 1. The van der Waals surface area contributed by atoms with Gasteiger partial charge < -0.3 is 9.67 Å². The number of pyridine rings is 1. The van der Waals surface area contributed by atoms with E-state index in [4.69, 9.17) is 9.90 Å². The predicted molar refractivity (Wildman–Crippen MR) is 113 cm³/mol. The maximum atomic E-state index is 12.6. The smallest absolute Gasteiger partial charge is 0.290 e. The minimum absolute atomic E-state index is 0.123. The molecule has 2 aliphatic rings. The van der Waals surface area contributed by atoms with Gasteiger partial charge in [0.25, 0.3) is 23.4 Å². The fraction of sp³-hybridized carbons (Fsp3) is 0.476. The molecular weight excluding hydrogens is 400 g/mol. The minimum atomic E-state index is -0.250. The number of carbonyl (C=O) groups is 1. The second-order valence-electron chi connectivity index (χ2n) is 8.12. The predicted octanol–water partition coefficient (Wildman–Crippen LogP) is 1.24. The number of hydrogen-bond donors (Lipinski definition) is 2. The highest BCUT2D eigenvalue weighted by Crippen LogP contribution is 2.42. The first-order valence-electron chi connectivity index (χ1n) is 10.5. The van der Waals surface area contributed by atoms with Crippen molar-refractivity contribution in [2.24, 2.45) is 5.92 Å². The summed E-state index contributed by atoms with van der Waals surface area (Å²) in [5.41, 5.74) is 1.88. The number of fused-ring (bicyclic) bond motifs is 5. The van der Waals surface area contributed by atoms with Gasteiger partial charge in [-0.05, 0) is 24.8 Å². The van der Waals surface area contributed by atoms with Crippen LogP contribution in [0.15, 0.2) is 40.2 Å². The van der Waals surface area contributed by atoms with E-state index in [-0.39, 0.29) is 23.6 Å². The molecule has 0 radical (unpaired) electrons. The van der Waals surface area contributed by atoms with E-state index in [0.29, 0.717) is 24.2 Å². The van der Waals surface area contributed by atoms with Gasteiger partial charge in [-0.2, -0.15) is 4.52 Å². The van der Waals surface area contributed by atoms with Crippen molar-refractivity contribution in [1.82, 2.24) is 29.0 Å². The third-order valence-electron chi connectivity index (χ3n) is 6.17. The standard InChI is InChI=1S/C20H24N6O2.CH2O2/c1-2-4-16-13-7-14(17-5-3-6-18(27)25(16)17)10-24(9-13)11-15-8-19(28)26-20(23-15)21-12-22-26;2-1-3/h3,5-6,8,12-14,16H,2,4,7,9-11H2,1H3,(H,21,22,23);1H,(H,2,3)/t13-,14+,16-;/m0./s1. The maximum absolute atomic E-state index is 12.6. The van der Waals surface area contributed by atoms with Gasteiger partial charge in [0.2, 0.25) is 0 Å². The Morgan fingerprint density at radius 1 is 1.26 bits per heavy atom. The fourth-order valence-electron chi connectivity index (χ4n) is 5.11. The summed E-state index contributed by atoms with van der Waals surface area (Å²) in [6.45, 7) is 4.35. The molecule has 0 aliphatic carbocycles. The topological polar surface area (TPSA) is 126 Å². The molecule has 2 bridgehead atoms. The second-order valence-corrected chi connectivity index (χ2v) is 8.12. The largest absolute Gasteiger partial charge is 0.483 e. The van der Waals surface area contributed by atoms with Crippen LogP contribution in [0.25, 0.3) is 5.78 Å². The molecule has 0 spiro atoms. The van der Waals surface area contributed by atoms with Gasteiger partial charge in [-0.3, -0.25) is 24.4 Å². The van der Waals surface area contributed by atoms with E-state index in [1.807, 2.05) is 6.07 Å². The number of aromatic nitrogens is 5. The van der Waals surface area contributed by atoms with Gasteiger partial charge in [0.15, 0.2) is 0 Å². The van der Waals surface area contributed by atoms with E-state index in [2.05, 4.69) is 37.5 Å². The van der Waals surface area contributed by atoms with Crippen LogP contribution in [0.1, 0.15) is 49.5 Å². The number of likely N-dealkylation sites (tertiary alicyclic amines) is 1. The lowest BCUT2D eigenvalue weighted by Gasteiger charge is -2.47. The normalized spacial score (nSPS) is 22.4. The average molecular weight is 426 g/mol. The Morgan fingerprint density at radius 2 is 2.06 bits per heavy atom. The summed E-state index contributed by atoms with van der Waals surface area (Å²) in [6.07, 6.45) is 4.67. The molecule has 0 saturated carbocycles. The van der Waals surface area contributed by atoms with Crippen LogP contribution in [0.5, 0.6) is 0 Å². The summed E-state index contributed by atoms with van der Waals surface area (Å²) < 4.78 is 3.40. The summed E-state index contributed by atoms with van der Waals surface area (Å²) in [4.78, 5) is 44.2. The maximum Gasteiger partial charge on any atom is 0.290 e. The highest BCUT2D eigenvalue weighted by Gasteiger charge is 2.40. The minimum Gasteiger partial charge on any atom is -0.483 e. The lowest BCUT2D eigenvalue weighted by Crippen LogP contribution is -2.49. The molecule has 31 heavy (non-hydrogen) atoms. The molecule has 1 fully saturated rings. The number of hydrogen-bond acceptors (Lipinski definition) is 6. The van der Waals surface area contributed by atoms with Crippen molar-refractivity contribution in [3.05, 3.63) is 62.7 Å². The summed E-state index contributed by atoms with van der Waals surface area (Å²) in [7, 11) is 0. The SMILES string of the molecule is CCC[C@H]1[C@H]2C[C@H](CN(Cc3cc(=O)n4[nH]cnc4n3)C2)c2cccc(=O)n21.O=CO. The zero-order chi connectivity index (χ0) is 22.0. The van der Waals surface area contributed by atoms with Gasteiger partial charge in [-0.1, -0.05) is 19.4 Å². The van der Waals surface area contributed by atoms with E-state index >= 15 is 0 Å². The zero-order valence-electron chi connectivity index (χ0n) is 17.3. The van der Waals surface area contributed by atoms with Gasteiger partial charge in [-0.15, -0.1) is 0 Å². The molecule has 5 heterocycles. The van der Waals surface area contributed by atoms with Crippen molar-refractivity contribution < 1.29 is 9.90 Å². The summed E-state index contributed by atoms with van der Waals surface area (Å²) in [5.74, 6) is 1.19. The Kier molecular flexibility index (Phi) is 5.99. The number of carboxylic acid groups (broad SMARTS) is 1.